The zero-order valence-corrected chi connectivity index (χ0v) is 15.3. The van der Waals surface area contributed by atoms with Gasteiger partial charge in [-0.25, -0.2) is 0 Å². The maximum atomic E-state index is 12.6. The summed E-state index contributed by atoms with van der Waals surface area (Å²) < 4.78 is 16.3. The molecule has 0 unspecified atom stereocenters. The second kappa shape index (κ2) is 6.94. The van der Waals surface area contributed by atoms with Crippen molar-refractivity contribution in [3.63, 3.8) is 0 Å². The smallest absolute Gasteiger partial charge is 0.287 e. The van der Waals surface area contributed by atoms with Gasteiger partial charge in [0.15, 0.2) is 22.7 Å². The van der Waals surface area contributed by atoms with Crippen molar-refractivity contribution in [2.75, 3.05) is 13.7 Å². The fraction of sp³-hybridized carbons (Fsp3) is 0.150. The van der Waals surface area contributed by atoms with Crippen LogP contribution in [-0.2, 0) is 5.60 Å². The van der Waals surface area contributed by atoms with Gasteiger partial charge in [0.2, 0.25) is 0 Å². The number of nitrogens with one attached hydrogen (secondary N) is 1. The quantitative estimate of drug-likeness (QED) is 0.530. The van der Waals surface area contributed by atoms with Crippen LogP contribution < -0.4 is 10.1 Å². The van der Waals surface area contributed by atoms with E-state index in [2.05, 4.69) is 5.32 Å². The Morgan fingerprint density at radius 1 is 1.26 bits per heavy atom. The first-order valence-corrected chi connectivity index (χ1v) is 9.15. The summed E-state index contributed by atoms with van der Waals surface area (Å²) in [6, 6.07) is 14.1. The molecule has 27 heavy (non-hydrogen) atoms. The Hall–Kier alpha value is -3.03. The molecule has 4 aromatic rings. The number of amides is 1. The molecule has 138 valence electrons. The number of methoxy groups -OCH3 is 1. The van der Waals surface area contributed by atoms with Gasteiger partial charge in [-0.05, 0) is 35.7 Å². The van der Waals surface area contributed by atoms with E-state index in [1.165, 1.54) is 17.6 Å². The topological polar surface area (TPSA) is 84.8 Å². The molecular weight excluding hydrogens is 366 g/mol. The molecule has 0 aliphatic heterocycles. The van der Waals surface area contributed by atoms with E-state index >= 15 is 0 Å². The molecule has 0 aliphatic carbocycles. The normalized spacial score (nSPS) is 13.4. The lowest BCUT2D eigenvalue weighted by Crippen LogP contribution is -2.40. The van der Waals surface area contributed by atoms with Gasteiger partial charge >= 0.3 is 0 Å². The second-order valence-corrected chi connectivity index (χ2v) is 6.93. The van der Waals surface area contributed by atoms with Crippen LogP contribution in [0.1, 0.15) is 21.2 Å². The summed E-state index contributed by atoms with van der Waals surface area (Å²) in [7, 11) is 1.54. The Labute approximate surface area is 159 Å². The van der Waals surface area contributed by atoms with Crippen molar-refractivity contribution in [2.45, 2.75) is 5.60 Å². The van der Waals surface area contributed by atoms with Crippen molar-refractivity contribution in [2.24, 2.45) is 0 Å². The van der Waals surface area contributed by atoms with E-state index in [4.69, 9.17) is 13.6 Å². The number of benzene rings is 1. The number of furan rings is 2. The van der Waals surface area contributed by atoms with E-state index in [0.717, 1.165) is 5.39 Å². The highest BCUT2D eigenvalue weighted by molar-refractivity contribution is 7.10. The van der Waals surface area contributed by atoms with E-state index in [0.29, 0.717) is 22.0 Å². The summed E-state index contributed by atoms with van der Waals surface area (Å²) >= 11 is 1.38. The molecule has 2 N–H and O–H groups in total. The van der Waals surface area contributed by atoms with Crippen LogP contribution in [0.2, 0.25) is 0 Å². The maximum absolute atomic E-state index is 12.6. The molecule has 7 heteroatoms. The molecule has 3 heterocycles. The van der Waals surface area contributed by atoms with Crippen molar-refractivity contribution < 1.29 is 23.5 Å². The van der Waals surface area contributed by atoms with Gasteiger partial charge in [0.1, 0.15) is 5.76 Å². The van der Waals surface area contributed by atoms with Crippen molar-refractivity contribution >= 4 is 28.2 Å². The van der Waals surface area contributed by atoms with Crippen LogP contribution in [-0.4, -0.2) is 24.7 Å². The molecule has 3 aromatic heterocycles. The number of hydrogen-bond acceptors (Lipinski definition) is 6. The SMILES string of the molecule is COc1cccc2cc(C(=O)NC[C@](O)(c3ccco3)c3cccs3)oc12. The van der Waals surface area contributed by atoms with Gasteiger partial charge in [0.05, 0.1) is 19.9 Å². The Balaban J connectivity index is 1.59. The van der Waals surface area contributed by atoms with Crippen molar-refractivity contribution in [1.82, 2.24) is 5.32 Å². The Bertz CT molecular complexity index is 1020. The number of thiophene rings is 1. The summed E-state index contributed by atoms with van der Waals surface area (Å²) in [4.78, 5) is 13.3. The minimum atomic E-state index is -1.46. The molecule has 4 rings (SSSR count). The molecule has 1 atom stereocenters. The minimum Gasteiger partial charge on any atom is -0.493 e. The molecule has 0 saturated heterocycles. The van der Waals surface area contributed by atoms with Crippen LogP contribution in [0.4, 0.5) is 0 Å². The van der Waals surface area contributed by atoms with Crippen LogP contribution in [0.3, 0.4) is 0 Å². The molecule has 0 bridgehead atoms. The Morgan fingerprint density at radius 3 is 2.85 bits per heavy atom. The first-order valence-electron chi connectivity index (χ1n) is 8.27. The summed E-state index contributed by atoms with van der Waals surface area (Å²) in [5.41, 5.74) is -0.957. The number of carbonyl (C=O) groups is 1. The molecule has 1 aromatic carbocycles. The van der Waals surface area contributed by atoms with Crippen LogP contribution in [0.15, 0.2) is 69.0 Å². The number of hydrogen-bond donors (Lipinski definition) is 2. The van der Waals surface area contributed by atoms with Crippen molar-refractivity contribution in [3.05, 3.63) is 76.6 Å². The molecular formula is C20H17NO5S. The Kier molecular flexibility index (Phi) is 4.47. The fourth-order valence-electron chi connectivity index (χ4n) is 2.93. The predicted octanol–water partition coefficient (Wildman–Crippen LogP) is 3.76. The van der Waals surface area contributed by atoms with Crippen LogP contribution >= 0.6 is 11.3 Å². The fourth-order valence-corrected chi connectivity index (χ4v) is 3.76. The van der Waals surface area contributed by atoms with Crippen LogP contribution in [0, 0.1) is 0 Å². The molecule has 1 amide bonds. The monoisotopic (exact) mass is 383 g/mol. The second-order valence-electron chi connectivity index (χ2n) is 5.99. The van der Waals surface area contributed by atoms with Gasteiger partial charge in [-0.15, -0.1) is 11.3 Å². The van der Waals surface area contributed by atoms with Crippen LogP contribution in [0.5, 0.6) is 5.75 Å². The highest BCUT2D eigenvalue weighted by atomic mass is 32.1. The number of ether oxygens (including phenoxy) is 1. The highest BCUT2D eigenvalue weighted by Crippen LogP contribution is 2.33. The molecule has 0 spiro atoms. The number of para-hydroxylation sites is 1. The summed E-state index contributed by atoms with van der Waals surface area (Å²) in [5.74, 6) is 0.617. The zero-order chi connectivity index (χ0) is 18.9. The van der Waals surface area contributed by atoms with E-state index in [-0.39, 0.29) is 12.3 Å². The first kappa shape index (κ1) is 17.4. The van der Waals surface area contributed by atoms with Crippen molar-refractivity contribution in [3.8, 4) is 5.75 Å². The summed E-state index contributed by atoms with van der Waals surface area (Å²) in [6.45, 7) is -0.0615. The van der Waals surface area contributed by atoms with Gasteiger partial charge in [-0.2, -0.15) is 0 Å². The Morgan fingerprint density at radius 2 is 2.15 bits per heavy atom. The largest absolute Gasteiger partial charge is 0.493 e. The van der Waals surface area contributed by atoms with Gasteiger partial charge in [-0.3, -0.25) is 4.79 Å². The number of carbonyl (C=O) groups excluding carboxylic acids is 1. The number of fused-ring (bicyclic) bond motifs is 1. The highest BCUT2D eigenvalue weighted by Gasteiger charge is 2.36. The lowest BCUT2D eigenvalue weighted by atomic mass is 9.98. The number of rotatable bonds is 6. The molecule has 6 nitrogen and oxygen atoms in total. The predicted molar refractivity (Wildman–Crippen MR) is 101 cm³/mol. The number of aliphatic hydroxyl groups is 1. The van der Waals surface area contributed by atoms with E-state index in [1.807, 2.05) is 23.6 Å². The van der Waals surface area contributed by atoms with Gasteiger partial charge in [-0.1, -0.05) is 18.2 Å². The third-order valence-electron chi connectivity index (χ3n) is 4.31. The van der Waals surface area contributed by atoms with Gasteiger partial charge in [0.25, 0.3) is 5.91 Å². The first-order chi connectivity index (χ1) is 13.1. The lowest BCUT2D eigenvalue weighted by molar-refractivity contribution is 0.0547. The third kappa shape index (κ3) is 3.11. The van der Waals surface area contributed by atoms with Crippen molar-refractivity contribution in [1.29, 1.82) is 0 Å². The lowest BCUT2D eigenvalue weighted by Gasteiger charge is -2.25. The van der Waals surface area contributed by atoms with Gasteiger partial charge < -0.3 is 24.0 Å². The molecule has 0 saturated carbocycles. The summed E-state index contributed by atoms with van der Waals surface area (Å²) in [6.07, 6.45) is 1.49. The van der Waals surface area contributed by atoms with Gasteiger partial charge in [0, 0.05) is 10.3 Å². The average Bonchev–Trinajstić information content (AvgIpc) is 3.45. The average molecular weight is 383 g/mol. The zero-order valence-electron chi connectivity index (χ0n) is 14.5. The summed E-state index contributed by atoms with van der Waals surface area (Å²) in [5, 5.41) is 16.6. The van der Waals surface area contributed by atoms with E-state index in [1.54, 1.807) is 37.4 Å². The molecule has 0 fully saturated rings. The molecule has 0 aliphatic rings. The third-order valence-corrected chi connectivity index (χ3v) is 5.33. The van der Waals surface area contributed by atoms with E-state index in [9.17, 15) is 9.90 Å². The minimum absolute atomic E-state index is 0.0615. The molecule has 0 radical (unpaired) electrons. The standard InChI is InChI=1S/C20H17NO5S/c1-24-14-6-2-5-13-11-15(26-18(13)14)19(22)21-12-20(23,16-7-3-9-25-16)17-8-4-10-27-17/h2-11,23H,12H2,1H3,(H,21,22)/t20-/m0/s1. The van der Waals surface area contributed by atoms with Crippen LogP contribution in [0.25, 0.3) is 11.0 Å². The maximum Gasteiger partial charge on any atom is 0.287 e. The van der Waals surface area contributed by atoms with E-state index < -0.39 is 11.5 Å².